The van der Waals surface area contributed by atoms with E-state index in [4.69, 9.17) is 25.4 Å². The quantitative estimate of drug-likeness (QED) is 0.138. The van der Waals surface area contributed by atoms with Crippen LogP contribution in [0.3, 0.4) is 0 Å². The van der Waals surface area contributed by atoms with Gasteiger partial charge in [-0.25, -0.2) is 4.79 Å². The molecule has 1 heterocycles. The molecule has 0 saturated carbocycles. The van der Waals surface area contributed by atoms with E-state index < -0.39 is 29.9 Å². The van der Waals surface area contributed by atoms with E-state index in [1.54, 1.807) is 24.0 Å². The number of alkyl carbamates (subject to hydrolysis) is 1. The van der Waals surface area contributed by atoms with Crippen molar-refractivity contribution in [3.63, 3.8) is 0 Å². The molecule has 0 spiro atoms. The zero-order chi connectivity index (χ0) is 29.3. The molecule has 40 heavy (non-hydrogen) atoms. The minimum atomic E-state index is -1.22. The minimum absolute atomic E-state index is 0.00610. The van der Waals surface area contributed by atoms with Gasteiger partial charge in [0.1, 0.15) is 12.6 Å². The van der Waals surface area contributed by atoms with Gasteiger partial charge in [-0.2, -0.15) is 0 Å². The Morgan fingerprint density at radius 3 is 2.60 bits per heavy atom. The van der Waals surface area contributed by atoms with Crippen molar-refractivity contribution in [2.45, 2.75) is 58.3 Å². The lowest BCUT2D eigenvalue weighted by Crippen LogP contribution is -2.53. The van der Waals surface area contributed by atoms with Crippen LogP contribution in [-0.2, 0) is 35.2 Å². The van der Waals surface area contributed by atoms with Crippen molar-refractivity contribution in [3.05, 3.63) is 35.9 Å². The number of nitrogens with zero attached hydrogens (tertiary/aromatic N) is 2. The Hall–Kier alpha value is -3.87. The topological polar surface area (TPSA) is 176 Å². The first kappa shape index (κ1) is 32.3. The van der Waals surface area contributed by atoms with Crippen LogP contribution >= 0.6 is 0 Å². The van der Waals surface area contributed by atoms with E-state index in [2.05, 4.69) is 10.6 Å². The monoisotopic (exact) mass is 562 g/mol. The van der Waals surface area contributed by atoms with E-state index in [0.717, 1.165) is 12.0 Å². The average molecular weight is 563 g/mol. The second kappa shape index (κ2) is 17.7. The number of morpholine rings is 1. The first-order chi connectivity index (χ1) is 19.2. The third-order valence-corrected chi connectivity index (χ3v) is 6.18. The number of unbranched alkanes of at least 4 members (excludes halogenated alkanes) is 1. The second-order valence-corrected chi connectivity index (χ2v) is 9.32. The number of amides is 3. The summed E-state index contributed by atoms with van der Waals surface area (Å²) in [4.78, 5) is 54.1. The maximum atomic E-state index is 13.5. The SMILES string of the molecule is CCCCN(CCC(=O)OCC)C(=O)[C@H](CC(=O)NCC1CN(C(=N)N)CCO1)NC(=O)OCc1ccccc1. The van der Waals surface area contributed by atoms with Crippen LogP contribution in [0.25, 0.3) is 0 Å². The van der Waals surface area contributed by atoms with E-state index in [1.165, 1.54) is 4.90 Å². The van der Waals surface area contributed by atoms with Crippen LogP contribution in [0.15, 0.2) is 30.3 Å². The van der Waals surface area contributed by atoms with E-state index in [-0.39, 0.29) is 51.2 Å². The summed E-state index contributed by atoms with van der Waals surface area (Å²) >= 11 is 0. The highest BCUT2D eigenvalue weighted by atomic mass is 16.5. The van der Waals surface area contributed by atoms with Gasteiger partial charge in [0.2, 0.25) is 11.8 Å². The number of carbonyl (C=O) groups is 4. The number of nitrogens with two attached hydrogens (primary N) is 1. The fourth-order valence-corrected chi connectivity index (χ4v) is 4.01. The number of guanidine groups is 1. The molecule has 5 N–H and O–H groups in total. The molecule has 1 aromatic carbocycles. The molecule has 0 aromatic heterocycles. The number of hydrogen-bond acceptors (Lipinski definition) is 8. The number of rotatable bonds is 15. The highest BCUT2D eigenvalue weighted by Gasteiger charge is 2.30. The van der Waals surface area contributed by atoms with Gasteiger partial charge in [0, 0.05) is 32.7 Å². The van der Waals surface area contributed by atoms with Gasteiger partial charge in [-0.05, 0) is 18.9 Å². The molecule has 3 amide bonds. The van der Waals surface area contributed by atoms with E-state index >= 15 is 0 Å². The Balaban J connectivity index is 2.06. The van der Waals surface area contributed by atoms with Gasteiger partial charge >= 0.3 is 12.1 Å². The minimum Gasteiger partial charge on any atom is -0.466 e. The molecule has 1 saturated heterocycles. The lowest BCUT2D eigenvalue weighted by atomic mass is 10.1. The summed E-state index contributed by atoms with van der Waals surface area (Å²) in [7, 11) is 0. The fraction of sp³-hybridized carbons (Fsp3) is 0.593. The Labute approximate surface area is 235 Å². The molecular weight excluding hydrogens is 520 g/mol. The third kappa shape index (κ3) is 11.9. The van der Waals surface area contributed by atoms with Crippen LogP contribution in [0.4, 0.5) is 4.79 Å². The number of ether oxygens (including phenoxy) is 3. The smallest absolute Gasteiger partial charge is 0.408 e. The van der Waals surface area contributed by atoms with Crippen molar-refractivity contribution in [1.29, 1.82) is 5.41 Å². The van der Waals surface area contributed by atoms with Gasteiger partial charge in [0.25, 0.3) is 0 Å². The lowest BCUT2D eigenvalue weighted by molar-refractivity contribution is -0.144. The molecule has 1 aliphatic heterocycles. The molecule has 0 aliphatic carbocycles. The molecule has 1 unspecified atom stereocenters. The Bertz CT molecular complexity index is 977. The van der Waals surface area contributed by atoms with Crippen molar-refractivity contribution in [2.24, 2.45) is 5.73 Å². The zero-order valence-corrected chi connectivity index (χ0v) is 23.4. The highest BCUT2D eigenvalue weighted by Crippen LogP contribution is 2.08. The number of carbonyl (C=O) groups excluding carboxylic acids is 4. The maximum Gasteiger partial charge on any atom is 0.408 e. The normalized spacial score (nSPS) is 15.4. The van der Waals surface area contributed by atoms with Crippen molar-refractivity contribution >= 4 is 29.8 Å². The zero-order valence-electron chi connectivity index (χ0n) is 23.4. The van der Waals surface area contributed by atoms with E-state index in [0.29, 0.717) is 32.7 Å². The van der Waals surface area contributed by atoms with Crippen LogP contribution < -0.4 is 16.4 Å². The van der Waals surface area contributed by atoms with Crippen LogP contribution in [0.5, 0.6) is 0 Å². The molecule has 0 bridgehead atoms. The summed E-state index contributed by atoms with van der Waals surface area (Å²) in [6.45, 7) is 5.69. The number of hydrogen-bond donors (Lipinski definition) is 4. The van der Waals surface area contributed by atoms with Crippen LogP contribution in [0.2, 0.25) is 0 Å². The highest BCUT2D eigenvalue weighted by molar-refractivity contribution is 5.91. The number of esters is 1. The molecule has 1 fully saturated rings. The summed E-state index contributed by atoms with van der Waals surface area (Å²) in [5.74, 6) is -1.49. The van der Waals surface area contributed by atoms with Crippen LogP contribution in [0, 0.1) is 5.41 Å². The second-order valence-electron chi connectivity index (χ2n) is 9.32. The van der Waals surface area contributed by atoms with Gasteiger partial charge in [-0.15, -0.1) is 0 Å². The Morgan fingerprint density at radius 1 is 1.18 bits per heavy atom. The summed E-state index contributed by atoms with van der Waals surface area (Å²) in [6, 6.07) is 7.84. The van der Waals surface area contributed by atoms with Gasteiger partial charge in [0.15, 0.2) is 5.96 Å². The van der Waals surface area contributed by atoms with E-state index in [9.17, 15) is 19.2 Å². The first-order valence-electron chi connectivity index (χ1n) is 13.6. The van der Waals surface area contributed by atoms with Crippen molar-refractivity contribution in [1.82, 2.24) is 20.4 Å². The van der Waals surface area contributed by atoms with Gasteiger partial charge < -0.3 is 40.4 Å². The van der Waals surface area contributed by atoms with Crippen molar-refractivity contribution < 1.29 is 33.4 Å². The molecule has 13 heteroatoms. The summed E-state index contributed by atoms with van der Waals surface area (Å²) in [5, 5.41) is 12.9. The predicted octanol–water partition coefficient (Wildman–Crippen LogP) is 0.964. The van der Waals surface area contributed by atoms with Crippen molar-refractivity contribution in [3.8, 4) is 0 Å². The third-order valence-electron chi connectivity index (χ3n) is 6.18. The lowest BCUT2D eigenvalue weighted by Gasteiger charge is -2.33. The van der Waals surface area contributed by atoms with Gasteiger partial charge in [-0.1, -0.05) is 43.7 Å². The Kier molecular flexibility index (Phi) is 14.3. The predicted molar refractivity (Wildman–Crippen MR) is 147 cm³/mol. The molecular formula is C27H42N6O7. The average Bonchev–Trinajstić information content (AvgIpc) is 2.95. The summed E-state index contributed by atoms with van der Waals surface area (Å²) < 4.78 is 15.9. The van der Waals surface area contributed by atoms with Crippen LogP contribution in [0.1, 0.15) is 45.1 Å². The van der Waals surface area contributed by atoms with Gasteiger partial charge in [0.05, 0.1) is 32.2 Å². The molecule has 2 atom stereocenters. The standard InChI is InChI=1S/C27H42N6O7/c1-3-5-12-32(13-11-24(35)38-4-2)25(36)22(31-27(37)40-19-20-9-7-6-8-10-20)16-23(34)30-17-21-18-33(26(28)29)14-15-39-21/h6-10,21-22H,3-5,11-19H2,1-2H3,(H3,28,29)(H,30,34)(H,31,37)/t21?,22-/m0/s1. The molecule has 1 aliphatic rings. The number of nitrogens with one attached hydrogen (secondary N) is 3. The van der Waals surface area contributed by atoms with E-state index in [1.807, 2.05) is 25.1 Å². The fourth-order valence-electron chi connectivity index (χ4n) is 4.01. The van der Waals surface area contributed by atoms with Crippen molar-refractivity contribution in [2.75, 3.05) is 45.9 Å². The molecule has 2 rings (SSSR count). The molecule has 13 nitrogen and oxygen atoms in total. The summed E-state index contributed by atoms with van der Waals surface area (Å²) in [6.07, 6.45) is -0.0952. The Morgan fingerprint density at radius 2 is 1.93 bits per heavy atom. The molecule has 1 aromatic rings. The maximum absolute atomic E-state index is 13.5. The largest absolute Gasteiger partial charge is 0.466 e. The molecule has 222 valence electrons. The van der Waals surface area contributed by atoms with Gasteiger partial charge in [-0.3, -0.25) is 19.8 Å². The summed E-state index contributed by atoms with van der Waals surface area (Å²) in [5.41, 5.74) is 6.33. The first-order valence-corrected chi connectivity index (χ1v) is 13.6. The molecule has 0 radical (unpaired) electrons. The van der Waals surface area contributed by atoms with Crippen LogP contribution in [-0.4, -0.2) is 97.7 Å². The number of benzene rings is 1.